The van der Waals surface area contributed by atoms with Crippen molar-refractivity contribution in [2.45, 2.75) is 19.4 Å². The molecule has 90 valence electrons. The second-order valence-electron chi connectivity index (χ2n) is 4.14. The van der Waals surface area contributed by atoms with Crippen LogP contribution in [0.25, 0.3) is 6.08 Å². The molecule has 1 rings (SSSR count). The molecule has 1 heterocycles. The van der Waals surface area contributed by atoms with Gasteiger partial charge in [-0.05, 0) is 37.7 Å². The molecule has 17 heavy (non-hydrogen) atoms. The lowest BCUT2D eigenvalue weighted by Crippen LogP contribution is -2.18. The lowest BCUT2D eigenvalue weighted by atomic mass is 10.1. The largest absolute Gasteiger partial charge is 0.386 e. The molecule has 0 bridgehead atoms. The minimum Gasteiger partial charge on any atom is -0.386 e. The van der Waals surface area contributed by atoms with Gasteiger partial charge in [-0.25, -0.2) is 0 Å². The molecule has 0 saturated heterocycles. The summed E-state index contributed by atoms with van der Waals surface area (Å²) in [6.45, 7) is 6.76. The fraction of sp³-hybridized carbons (Fsp3) is 0.231. The molecule has 2 N–H and O–H groups in total. The van der Waals surface area contributed by atoms with E-state index in [1.807, 2.05) is 0 Å². The van der Waals surface area contributed by atoms with Crippen molar-refractivity contribution in [2.75, 3.05) is 0 Å². The van der Waals surface area contributed by atoms with Crippen LogP contribution in [0.1, 0.15) is 29.9 Å². The Hall–Kier alpha value is -1.94. The topological polar surface area (TPSA) is 62.2 Å². The van der Waals surface area contributed by atoms with Crippen molar-refractivity contribution in [1.29, 1.82) is 0 Å². The number of nitrogens with zero attached hydrogens (tertiary/aromatic N) is 1. The van der Waals surface area contributed by atoms with E-state index >= 15 is 0 Å². The quantitative estimate of drug-likeness (QED) is 0.831. The zero-order valence-electron chi connectivity index (χ0n) is 9.97. The van der Waals surface area contributed by atoms with Crippen LogP contribution in [0.3, 0.4) is 0 Å². The van der Waals surface area contributed by atoms with E-state index in [1.165, 1.54) is 6.20 Å². The highest BCUT2D eigenvalue weighted by atomic mass is 16.3. The molecule has 1 aromatic heterocycles. The Morgan fingerprint density at radius 1 is 1.59 bits per heavy atom. The van der Waals surface area contributed by atoms with E-state index in [1.54, 1.807) is 44.3 Å². The van der Waals surface area contributed by atoms with Gasteiger partial charge in [0.05, 0.1) is 5.60 Å². The Morgan fingerprint density at radius 3 is 2.88 bits per heavy atom. The fourth-order valence-electron chi connectivity index (χ4n) is 1.14. The Balaban J connectivity index is 2.90. The summed E-state index contributed by atoms with van der Waals surface area (Å²) >= 11 is 0. The molecule has 0 aromatic carbocycles. The van der Waals surface area contributed by atoms with Crippen molar-refractivity contribution in [2.24, 2.45) is 0 Å². The fourth-order valence-corrected chi connectivity index (χ4v) is 1.14. The number of nitrogens with one attached hydrogen (secondary N) is 1. The molecule has 1 aromatic rings. The highest BCUT2D eigenvalue weighted by Crippen LogP contribution is 2.09. The van der Waals surface area contributed by atoms with Crippen molar-refractivity contribution in [1.82, 2.24) is 10.3 Å². The van der Waals surface area contributed by atoms with Crippen LogP contribution in [-0.4, -0.2) is 21.6 Å². The number of pyridine rings is 1. The summed E-state index contributed by atoms with van der Waals surface area (Å²) in [6.07, 6.45) is 6.25. The van der Waals surface area contributed by atoms with E-state index < -0.39 is 5.60 Å². The number of carbonyl (C=O) groups excluding carboxylic acids is 1. The van der Waals surface area contributed by atoms with Crippen LogP contribution in [0.15, 0.2) is 37.2 Å². The summed E-state index contributed by atoms with van der Waals surface area (Å²) in [5.41, 5.74) is 0.228. The molecule has 0 aliphatic heterocycles. The zero-order chi connectivity index (χ0) is 12.9. The molecule has 0 spiro atoms. The van der Waals surface area contributed by atoms with Crippen LogP contribution in [-0.2, 0) is 0 Å². The van der Waals surface area contributed by atoms with Crippen molar-refractivity contribution in [3.05, 3.63) is 48.4 Å². The maximum Gasteiger partial charge on any atom is 0.273 e. The highest BCUT2D eigenvalue weighted by molar-refractivity contribution is 5.93. The number of hydrogen-bond acceptors (Lipinski definition) is 3. The Morgan fingerprint density at radius 2 is 2.29 bits per heavy atom. The normalized spacial score (nSPS) is 11.5. The SMILES string of the molecule is C=CNC(=O)c1cc(/C=C/C(C)(C)O)ccn1. The first-order valence-corrected chi connectivity index (χ1v) is 5.22. The second-order valence-corrected chi connectivity index (χ2v) is 4.14. The molecule has 4 nitrogen and oxygen atoms in total. The molecule has 4 heteroatoms. The minimum atomic E-state index is -0.882. The van der Waals surface area contributed by atoms with Gasteiger partial charge in [0.15, 0.2) is 0 Å². The third-order valence-corrected chi connectivity index (χ3v) is 1.93. The predicted octanol–water partition coefficient (Wildman–Crippen LogP) is 1.74. The summed E-state index contributed by atoms with van der Waals surface area (Å²) in [7, 11) is 0. The van der Waals surface area contributed by atoms with Crippen LogP contribution in [0.4, 0.5) is 0 Å². The number of aliphatic hydroxyl groups is 1. The maximum atomic E-state index is 11.5. The summed E-state index contributed by atoms with van der Waals surface area (Å²) in [5, 5.41) is 12.0. The predicted molar refractivity (Wildman–Crippen MR) is 67.2 cm³/mol. The first-order valence-electron chi connectivity index (χ1n) is 5.22. The third kappa shape index (κ3) is 4.61. The maximum absolute atomic E-state index is 11.5. The number of carbonyl (C=O) groups is 1. The van der Waals surface area contributed by atoms with Crippen LogP contribution in [0, 0.1) is 0 Å². The summed E-state index contributed by atoms with van der Waals surface area (Å²) in [5.74, 6) is -0.307. The first-order chi connectivity index (χ1) is 7.92. The highest BCUT2D eigenvalue weighted by Gasteiger charge is 2.07. The van der Waals surface area contributed by atoms with Gasteiger partial charge < -0.3 is 10.4 Å². The molecule has 0 aliphatic carbocycles. The molecular formula is C13H16N2O2. The van der Waals surface area contributed by atoms with E-state index in [4.69, 9.17) is 0 Å². The molecule has 0 saturated carbocycles. The standard InChI is InChI=1S/C13H16N2O2/c1-4-14-12(16)11-9-10(6-8-15-11)5-7-13(2,3)17/h4-9,17H,1H2,2-3H3,(H,14,16)/b7-5+. The summed E-state index contributed by atoms with van der Waals surface area (Å²) in [4.78, 5) is 15.4. The second kappa shape index (κ2) is 5.41. The van der Waals surface area contributed by atoms with Crippen LogP contribution in [0.2, 0.25) is 0 Å². The number of amides is 1. The van der Waals surface area contributed by atoms with Crippen LogP contribution in [0.5, 0.6) is 0 Å². The molecule has 1 amide bonds. The third-order valence-electron chi connectivity index (χ3n) is 1.93. The van der Waals surface area contributed by atoms with Crippen molar-refractivity contribution >= 4 is 12.0 Å². The Bertz CT molecular complexity index is 445. The van der Waals surface area contributed by atoms with Gasteiger partial charge in [-0.3, -0.25) is 9.78 Å². The molecule has 0 radical (unpaired) electrons. The average molecular weight is 232 g/mol. The van der Waals surface area contributed by atoms with Crippen molar-refractivity contribution in [3.63, 3.8) is 0 Å². The molecule has 0 atom stereocenters. The van der Waals surface area contributed by atoms with Gasteiger partial charge in [0.25, 0.3) is 5.91 Å². The monoisotopic (exact) mass is 232 g/mol. The lowest BCUT2D eigenvalue weighted by Gasteiger charge is -2.10. The van der Waals surface area contributed by atoms with Gasteiger partial charge in [0.1, 0.15) is 5.69 Å². The molecule has 0 fully saturated rings. The van der Waals surface area contributed by atoms with Gasteiger partial charge in [-0.1, -0.05) is 18.7 Å². The number of aromatic nitrogens is 1. The van der Waals surface area contributed by atoms with E-state index in [-0.39, 0.29) is 5.91 Å². The summed E-state index contributed by atoms with van der Waals surface area (Å²) in [6, 6.07) is 3.40. The van der Waals surface area contributed by atoms with E-state index in [0.717, 1.165) is 5.56 Å². The minimum absolute atomic E-state index is 0.307. The van der Waals surface area contributed by atoms with Gasteiger partial charge in [0.2, 0.25) is 0 Å². The van der Waals surface area contributed by atoms with E-state index in [2.05, 4.69) is 16.9 Å². The van der Waals surface area contributed by atoms with Gasteiger partial charge >= 0.3 is 0 Å². The molecular weight excluding hydrogens is 216 g/mol. The summed E-state index contributed by atoms with van der Waals surface area (Å²) < 4.78 is 0. The van der Waals surface area contributed by atoms with Crippen LogP contribution >= 0.6 is 0 Å². The molecule has 0 unspecified atom stereocenters. The van der Waals surface area contributed by atoms with Crippen LogP contribution < -0.4 is 5.32 Å². The van der Waals surface area contributed by atoms with Gasteiger partial charge in [-0.15, -0.1) is 0 Å². The lowest BCUT2D eigenvalue weighted by molar-refractivity contribution is 0.0965. The average Bonchev–Trinajstić information content (AvgIpc) is 2.26. The van der Waals surface area contributed by atoms with E-state index in [0.29, 0.717) is 5.69 Å². The van der Waals surface area contributed by atoms with Gasteiger partial charge in [-0.2, -0.15) is 0 Å². The zero-order valence-corrected chi connectivity index (χ0v) is 9.97. The molecule has 0 aliphatic rings. The number of hydrogen-bond donors (Lipinski definition) is 2. The smallest absolute Gasteiger partial charge is 0.273 e. The Kier molecular flexibility index (Phi) is 4.17. The Labute approximate surface area is 101 Å². The van der Waals surface area contributed by atoms with Crippen molar-refractivity contribution in [3.8, 4) is 0 Å². The first kappa shape index (κ1) is 13.1. The van der Waals surface area contributed by atoms with Crippen molar-refractivity contribution < 1.29 is 9.90 Å². The number of rotatable bonds is 4. The van der Waals surface area contributed by atoms with E-state index in [9.17, 15) is 9.90 Å². The van der Waals surface area contributed by atoms with Gasteiger partial charge in [0, 0.05) is 6.20 Å².